The van der Waals surface area contributed by atoms with Gasteiger partial charge in [-0.3, -0.25) is 0 Å². The van der Waals surface area contributed by atoms with Crippen molar-refractivity contribution < 1.29 is 0 Å². The van der Waals surface area contributed by atoms with Crippen LogP contribution in [0.15, 0.2) is 0 Å². The summed E-state index contributed by atoms with van der Waals surface area (Å²) < 4.78 is 0. The van der Waals surface area contributed by atoms with E-state index in [1.807, 2.05) is 0 Å². The van der Waals surface area contributed by atoms with Gasteiger partial charge in [-0.05, 0) is 44.8 Å². The molecule has 2 heteroatoms. The summed E-state index contributed by atoms with van der Waals surface area (Å²) in [5, 5.41) is 3.69. The Labute approximate surface area is 95.4 Å². The van der Waals surface area contributed by atoms with Crippen molar-refractivity contribution in [2.75, 3.05) is 26.2 Å². The Morgan fingerprint density at radius 3 is 2.87 bits per heavy atom. The van der Waals surface area contributed by atoms with Crippen LogP contribution in [0.5, 0.6) is 0 Å². The van der Waals surface area contributed by atoms with Gasteiger partial charge in [-0.2, -0.15) is 0 Å². The lowest BCUT2D eigenvalue weighted by Gasteiger charge is -2.33. The smallest absolute Gasteiger partial charge is 0.0195 e. The molecule has 0 amide bonds. The second kappa shape index (κ2) is 7.24. The van der Waals surface area contributed by atoms with E-state index in [2.05, 4.69) is 31.0 Å². The maximum absolute atomic E-state index is 3.69. The lowest BCUT2D eigenvalue weighted by atomic mass is 10.0. The lowest BCUT2D eigenvalue weighted by molar-refractivity contribution is 0.186. The third-order valence-corrected chi connectivity index (χ3v) is 3.15. The molecule has 1 N–H and O–H groups in total. The van der Waals surface area contributed by atoms with E-state index >= 15 is 0 Å². The summed E-state index contributed by atoms with van der Waals surface area (Å²) in [5.41, 5.74) is 0. The highest BCUT2D eigenvalue weighted by molar-refractivity contribution is 4.78. The monoisotopic (exact) mass is 212 g/mol. The van der Waals surface area contributed by atoms with Crippen molar-refractivity contribution in [3.8, 4) is 0 Å². The first-order chi connectivity index (χ1) is 7.22. The zero-order chi connectivity index (χ0) is 11.1. The Kier molecular flexibility index (Phi) is 6.26. The quantitative estimate of drug-likeness (QED) is 0.728. The number of hydrogen-bond acceptors (Lipinski definition) is 2. The summed E-state index contributed by atoms with van der Waals surface area (Å²) in [6.45, 7) is 11.9. The average Bonchev–Trinajstić information content (AvgIpc) is 2.24. The SMILES string of the molecule is CCCCN1CCCC(NCC(C)C)C1. The Hall–Kier alpha value is -0.0800. The Morgan fingerprint density at radius 1 is 1.40 bits per heavy atom. The van der Waals surface area contributed by atoms with Gasteiger partial charge in [-0.25, -0.2) is 0 Å². The van der Waals surface area contributed by atoms with E-state index in [9.17, 15) is 0 Å². The lowest BCUT2D eigenvalue weighted by Crippen LogP contribution is -2.46. The van der Waals surface area contributed by atoms with Crippen LogP contribution in [0, 0.1) is 5.92 Å². The highest BCUT2D eigenvalue weighted by atomic mass is 15.2. The third kappa shape index (κ3) is 5.53. The van der Waals surface area contributed by atoms with Gasteiger partial charge in [-0.1, -0.05) is 27.2 Å². The van der Waals surface area contributed by atoms with Crippen LogP contribution in [-0.2, 0) is 0 Å². The van der Waals surface area contributed by atoms with Crippen molar-refractivity contribution in [3.05, 3.63) is 0 Å². The maximum atomic E-state index is 3.69. The highest BCUT2D eigenvalue weighted by Crippen LogP contribution is 2.11. The van der Waals surface area contributed by atoms with Crippen LogP contribution >= 0.6 is 0 Å². The van der Waals surface area contributed by atoms with Gasteiger partial charge in [0.2, 0.25) is 0 Å². The Morgan fingerprint density at radius 2 is 2.20 bits per heavy atom. The summed E-state index contributed by atoms with van der Waals surface area (Å²) in [7, 11) is 0. The topological polar surface area (TPSA) is 15.3 Å². The molecule has 90 valence electrons. The molecule has 1 rings (SSSR count). The van der Waals surface area contributed by atoms with Crippen molar-refractivity contribution in [1.82, 2.24) is 10.2 Å². The van der Waals surface area contributed by atoms with Gasteiger partial charge in [-0.15, -0.1) is 0 Å². The first kappa shape index (κ1) is 13.0. The minimum Gasteiger partial charge on any atom is -0.312 e. The van der Waals surface area contributed by atoms with E-state index in [4.69, 9.17) is 0 Å². The number of nitrogens with one attached hydrogen (secondary N) is 1. The van der Waals surface area contributed by atoms with Gasteiger partial charge in [0.1, 0.15) is 0 Å². The first-order valence-corrected chi connectivity index (χ1v) is 6.68. The highest BCUT2D eigenvalue weighted by Gasteiger charge is 2.18. The van der Waals surface area contributed by atoms with E-state index in [0.29, 0.717) is 0 Å². The van der Waals surface area contributed by atoms with E-state index in [0.717, 1.165) is 12.0 Å². The van der Waals surface area contributed by atoms with Crippen LogP contribution < -0.4 is 5.32 Å². The molecule has 0 aromatic heterocycles. The second-order valence-electron chi connectivity index (χ2n) is 5.30. The number of hydrogen-bond donors (Lipinski definition) is 1. The molecule has 0 aliphatic carbocycles. The molecule has 1 saturated heterocycles. The summed E-state index contributed by atoms with van der Waals surface area (Å²) in [4.78, 5) is 2.63. The molecule has 0 spiro atoms. The molecule has 1 aliphatic rings. The Balaban J connectivity index is 2.17. The number of rotatable bonds is 6. The number of piperidine rings is 1. The van der Waals surface area contributed by atoms with Crippen LogP contribution in [0.4, 0.5) is 0 Å². The fourth-order valence-electron chi connectivity index (χ4n) is 2.21. The number of unbranched alkanes of at least 4 members (excludes halogenated alkanes) is 1. The van der Waals surface area contributed by atoms with Crippen molar-refractivity contribution in [1.29, 1.82) is 0 Å². The van der Waals surface area contributed by atoms with E-state index in [-0.39, 0.29) is 0 Å². The van der Waals surface area contributed by atoms with Gasteiger partial charge in [0.15, 0.2) is 0 Å². The fourth-order valence-corrected chi connectivity index (χ4v) is 2.21. The first-order valence-electron chi connectivity index (χ1n) is 6.68. The van der Waals surface area contributed by atoms with E-state index in [1.54, 1.807) is 0 Å². The second-order valence-corrected chi connectivity index (χ2v) is 5.30. The molecule has 1 aliphatic heterocycles. The summed E-state index contributed by atoms with van der Waals surface area (Å²) in [6, 6.07) is 0.748. The van der Waals surface area contributed by atoms with E-state index in [1.165, 1.54) is 51.9 Å². The predicted octanol–water partition coefficient (Wildman–Crippen LogP) is 2.50. The third-order valence-electron chi connectivity index (χ3n) is 3.15. The zero-order valence-corrected chi connectivity index (χ0v) is 10.8. The van der Waals surface area contributed by atoms with Crippen LogP contribution in [0.1, 0.15) is 46.5 Å². The summed E-state index contributed by atoms with van der Waals surface area (Å²) in [6.07, 6.45) is 5.42. The fraction of sp³-hybridized carbons (Fsp3) is 1.00. The average molecular weight is 212 g/mol. The molecular weight excluding hydrogens is 184 g/mol. The molecule has 1 unspecified atom stereocenters. The van der Waals surface area contributed by atoms with Gasteiger partial charge in [0.05, 0.1) is 0 Å². The van der Waals surface area contributed by atoms with Crippen molar-refractivity contribution in [2.45, 2.75) is 52.5 Å². The van der Waals surface area contributed by atoms with Crippen molar-refractivity contribution in [3.63, 3.8) is 0 Å². The summed E-state index contributed by atoms with van der Waals surface area (Å²) in [5.74, 6) is 0.774. The molecule has 1 atom stereocenters. The van der Waals surface area contributed by atoms with E-state index < -0.39 is 0 Å². The molecule has 15 heavy (non-hydrogen) atoms. The molecule has 0 bridgehead atoms. The summed E-state index contributed by atoms with van der Waals surface area (Å²) >= 11 is 0. The number of likely N-dealkylation sites (tertiary alicyclic amines) is 1. The van der Waals surface area contributed by atoms with Crippen LogP contribution in [0.3, 0.4) is 0 Å². The normalized spacial score (nSPS) is 23.6. The minimum absolute atomic E-state index is 0.748. The molecule has 0 aromatic carbocycles. The standard InChI is InChI=1S/C13H28N2/c1-4-5-8-15-9-6-7-13(11-15)14-10-12(2)3/h12-14H,4-11H2,1-3H3. The predicted molar refractivity (Wildman–Crippen MR) is 67.2 cm³/mol. The van der Waals surface area contributed by atoms with Crippen LogP contribution in [-0.4, -0.2) is 37.1 Å². The van der Waals surface area contributed by atoms with Crippen LogP contribution in [0.2, 0.25) is 0 Å². The molecular formula is C13H28N2. The van der Waals surface area contributed by atoms with Crippen molar-refractivity contribution >= 4 is 0 Å². The Bertz CT molecular complexity index is 157. The maximum Gasteiger partial charge on any atom is 0.0195 e. The minimum atomic E-state index is 0.748. The zero-order valence-electron chi connectivity index (χ0n) is 10.8. The van der Waals surface area contributed by atoms with Gasteiger partial charge in [0.25, 0.3) is 0 Å². The molecule has 1 fully saturated rings. The van der Waals surface area contributed by atoms with Gasteiger partial charge >= 0.3 is 0 Å². The van der Waals surface area contributed by atoms with Crippen LogP contribution in [0.25, 0.3) is 0 Å². The van der Waals surface area contributed by atoms with Gasteiger partial charge in [0, 0.05) is 12.6 Å². The molecule has 0 saturated carbocycles. The largest absolute Gasteiger partial charge is 0.312 e. The van der Waals surface area contributed by atoms with Gasteiger partial charge < -0.3 is 10.2 Å². The molecule has 2 nitrogen and oxygen atoms in total. The number of nitrogens with zero attached hydrogens (tertiary/aromatic N) is 1. The molecule has 1 heterocycles. The molecule has 0 radical (unpaired) electrons. The molecule has 0 aromatic rings. The van der Waals surface area contributed by atoms with Crippen molar-refractivity contribution in [2.24, 2.45) is 5.92 Å².